The van der Waals surface area contributed by atoms with Crippen LogP contribution in [0.1, 0.15) is 22.2 Å². The Kier molecular flexibility index (Phi) is 6.14. The van der Waals surface area contributed by atoms with E-state index in [0.717, 1.165) is 34.6 Å². The van der Waals surface area contributed by atoms with E-state index in [9.17, 15) is 4.79 Å². The summed E-state index contributed by atoms with van der Waals surface area (Å²) in [5, 5.41) is 0. The molecule has 0 saturated carbocycles. The third kappa shape index (κ3) is 4.23. The lowest BCUT2D eigenvalue weighted by molar-refractivity contribution is 0.0998. The van der Waals surface area contributed by atoms with Crippen LogP contribution < -0.4 is 9.54 Å². The lowest BCUT2D eigenvalue weighted by Gasteiger charge is -2.07. The Morgan fingerprint density at radius 2 is 1.61 bits per heavy atom. The van der Waals surface area contributed by atoms with Crippen LogP contribution in [-0.2, 0) is 13.5 Å². The monoisotopic (exact) mass is 428 g/mol. The number of methoxy groups -OCH3 is 1. The second kappa shape index (κ2) is 9.14. The smallest absolute Gasteiger partial charge is 0.280 e. The number of carbonyl (C=O) groups is 1. The van der Waals surface area contributed by atoms with Gasteiger partial charge in [0, 0.05) is 17.5 Å². The quantitative estimate of drug-likeness (QED) is 0.407. The molecule has 0 aliphatic carbocycles. The summed E-state index contributed by atoms with van der Waals surface area (Å²) in [4.78, 5) is 19.6. The topological polar surface area (TPSA) is 43.6 Å². The summed E-state index contributed by atoms with van der Waals surface area (Å²) in [6.07, 6.45) is 0.865. The van der Waals surface area contributed by atoms with Crippen LogP contribution in [0.25, 0.3) is 22.4 Å². The van der Waals surface area contributed by atoms with Gasteiger partial charge in [-0.1, -0.05) is 55.5 Å². The minimum absolute atomic E-state index is 0.236. The first-order chi connectivity index (χ1) is 15.1. The number of ether oxygens (including phenoxy) is 1. The van der Waals surface area contributed by atoms with E-state index in [0.29, 0.717) is 10.4 Å². The Morgan fingerprint density at radius 3 is 2.29 bits per heavy atom. The van der Waals surface area contributed by atoms with Crippen molar-refractivity contribution in [2.75, 3.05) is 7.11 Å². The van der Waals surface area contributed by atoms with E-state index in [1.165, 1.54) is 4.88 Å². The van der Waals surface area contributed by atoms with Gasteiger partial charge in [0.15, 0.2) is 4.80 Å². The van der Waals surface area contributed by atoms with Gasteiger partial charge in [0.2, 0.25) is 0 Å². The average Bonchev–Trinajstić information content (AvgIpc) is 3.14. The molecular weight excluding hydrogens is 404 g/mol. The Bertz CT molecular complexity index is 1270. The standard InChI is InChI=1S/C26H24N2O2S/c1-4-23-24(19-14-16-20(30-3)17-15-19)28(2)26(31-23)27-25(29)22-13-9-8-12-21(22)18-10-6-5-7-11-18/h5-17H,4H2,1-3H3. The summed E-state index contributed by atoms with van der Waals surface area (Å²) in [5.74, 6) is 0.581. The molecule has 4 aromatic rings. The first kappa shape index (κ1) is 20.8. The van der Waals surface area contributed by atoms with Crippen molar-refractivity contribution in [1.29, 1.82) is 0 Å². The van der Waals surface area contributed by atoms with Crippen LogP contribution in [0.3, 0.4) is 0 Å². The fraction of sp³-hybridized carbons (Fsp3) is 0.154. The molecule has 0 aliphatic rings. The molecule has 0 spiro atoms. The molecule has 4 nitrogen and oxygen atoms in total. The summed E-state index contributed by atoms with van der Waals surface area (Å²) >= 11 is 1.56. The highest BCUT2D eigenvalue weighted by atomic mass is 32.1. The predicted octanol–water partition coefficient (Wildman–Crippen LogP) is 5.73. The number of thiazole rings is 1. The van der Waals surface area contributed by atoms with E-state index < -0.39 is 0 Å². The van der Waals surface area contributed by atoms with Crippen LogP contribution in [0.4, 0.5) is 0 Å². The molecule has 0 N–H and O–H groups in total. The molecule has 1 aromatic heterocycles. The van der Waals surface area contributed by atoms with Gasteiger partial charge in [0.05, 0.1) is 12.8 Å². The van der Waals surface area contributed by atoms with Crippen molar-refractivity contribution in [1.82, 2.24) is 4.57 Å². The molecule has 0 bridgehead atoms. The largest absolute Gasteiger partial charge is 0.497 e. The lowest BCUT2D eigenvalue weighted by atomic mass is 9.99. The van der Waals surface area contributed by atoms with Crippen molar-refractivity contribution < 1.29 is 9.53 Å². The van der Waals surface area contributed by atoms with E-state index in [1.54, 1.807) is 18.4 Å². The van der Waals surface area contributed by atoms with Crippen LogP contribution in [0.2, 0.25) is 0 Å². The zero-order valence-electron chi connectivity index (χ0n) is 17.8. The molecule has 0 fully saturated rings. The molecule has 1 amide bonds. The minimum atomic E-state index is -0.236. The van der Waals surface area contributed by atoms with Crippen LogP contribution >= 0.6 is 11.3 Å². The first-order valence-corrected chi connectivity index (χ1v) is 11.0. The number of carbonyl (C=O) groups excluding carboxylic acids is 1. The zero-order chi connectivity index (χ0) is 21.8. The number of aryl methyl sites for hydroxylation is 1. The normalized spacial score (nSPS) is 11.5. The maximum absolute atomic E-state index is 13.2. The van der Waals surface area contributed by atoms with Gasteiger partial charge in [-0.05, 0) is 53.4 Å². The van der Waals surface area contributed by atoms with Gasteiger partial charge in [-0.25, -0.2) is 0 Å². The highest BCUT2D eigenvalue weighted by Gasteiger charge is 2.15. The Hall–Kier alpha value is -3.44. The number of hydrogen-bond acceptors (Lipinski definition) is 3. The minimum Gasteiger partial charge on any atom is -0.497 e. The maximum Gasteiger partial charge on any atom is 0.280 e. The van der Waals surface area contributed by atoms with Gasteiger partial charge in [-0.15, -0.1) is 11.3 Å². The van der Waals surface area contributed by atoms with Crippen molar-refractivity contribution in [3.63, 3.8) is 0 Å². The molecule has 31 heavy (non-hydrogen) atoms. The van der Waals surface area contributed by atoms with E-state index >= 15 is 0 Å². The van der Waals surface area contributed by atoms with Crippen molar-refractivity contribution in [3.8, 4) is 28.1 Å². The van der Waals surface area contributed by atoms with Gasteiger partial charge in [-0.3, -0.25) is 4.79 Å². The van der Waals surface area contributed by atoms with E-state index in [2.05, 4.69) is 11.9 Å². The molecule has 3 aromatic carbocycles. The van der Waals surface area contributed by atoms with Crippen molar-refractivity contribution in [3.05, 3.63) is 94.1 Å². The Morgan fingerprint density at radius 1 is 0.935 bits per heavy atom. The number of hydrogen-bond donors (Lipinski definition) is 0. The molecule has 0 unspecified atom stereocenters. The van der Waals surface area contributed by atoms with Crippen LogP contribution in [0.15, 0.2) is 83.9 Å². The summed E-state index contributed by atoms with van der Waals surface area (Å²) in [6, 6.07) is 25.5. The second-order valence-electron chi connectivity index (χ2n) is 7.13. The van der Waals surface area contributed by atoms with Crippen molar-refractivity contribution in [2.24, 2.45) is 12.0 Å². The average molecular weight is 429 g/mol. The Balaban J connectivity index is 1.78. The van der Waals surface area contributed by atoms with Crippen LogP contribution in [0, 0.1) is 0 Å². The second-order valence-corrected chi connectivity index (χ2v) is 8.19. The van der Waals surface area contributed by atoms with E-state index in [4.69, 9.17) is 4.74 Å². The molecule has 156 valence electrons. The first-order valence-electron chi connectivity index (χ1n) is 10.2. The van der Waals surface area contributed by atoms with Crippen LogP contribution in [0.5, 0.6) is 5.75 Å². The van der Waals surface area contributed by atoms with Crippen LogP contribution in [-0.4, -0.2) is 17.6 Å². The van der Waals surface area contributed by atoms with Gasteiger partial charge in [-0.2, -0.15) is 4.99 Å². The molecule has 1 heterocycles. The van der Waals surface area contributed by atoms with E-state index in [-0.39, 0.29) is 5.91 Å². The van der Waals surface area contributed by atoms with Gasteiger partial charge >= 0.3 is 0 Å². The molecule has 0 radical (unpaired) electrons. The Labute approximate surface area is 186 Å². The third-order valence-electron chi connectivity index (χ3n) is 5.22. The number of rotatable bonds is 5. The number of aromatic nitrogens is 1. The summed E-state index contributed by atoms with van der Waals surface area (Å²) in [6.45, 7) is 2.12. The number of nitrogens with zero attached hydrogens (tertiary/aromatic N) is 2. The van der Waals surface area contributed by atoms with Crippen molar-refractivity contribution in [2.45, 2.75) is 13.3 Å². The zero-order valence-corrected chi connectivity index (χ0v) is 18.6. The maximum atomic E-state index is 13.2. The summed E-state index contributed by atoms with van der Waals surface area (Å²) in [7, 11) is 3.62. The summed E-state index contributed by atoms with van der Waals surface area (Å²) < 4.78 is 7.29. The highest BCUT2D eigenvalue weighted by molar-refractivity contribution is 7.09. The molecular formula is C26H24N2O2S. The fourth-order valence-electron chi connectivity index (χ4n) is 3.64. The number of amides is 1. The van der Waals surface area contributed by atoms with Crippen molar-refractivity contribution >= 4 is 17.2 Å². The number of benzene rings is 3. The molecule has 0 saturated heterocycles. The molecule has 0 aliphatic heterocycles. The SMILES string of the molecule is CCc1sc(=NC(=O)c2ccccc2-c2ccccc2)n(C)c1-c1ccc(OC)cc1. The lowest BCUT2D eigenvalue weighted by Crippen LogP contribution is -2.14. The fourth-order valence-corrected chi connectivity index (χ4v) is 4.71. The molecule has 0 atom stereocenters. The summed E-state index contributed by atoms with van der Waals surface area (Å²) in [5.41, 5.74) is 4.66. The highest BCUT2D eigenvalue weighted by Crippen LogP contribution is 2.28. The van der Waals surface area contributed by atoms with Gasteiger partial charge < -0.3 is 9.30 Å². The molecule has 4 rings (SSSR count). The molecule has 5 heteroatoms. The third-order valence-corrected chi connectivity index (χ3v) is 6.50. The predicted molar refractivity (Wildman–Crippen MR) is 126 cm³/mol. The van der Waals surface area contributed by atoms with Gasteiger partial charge in [0.1, 0.15) is 5.75 Å². The van der Waals surface area contributed by atoms with E-state index in [1.807, 2.05) is 90.5 Å². The van der Waals surface area contributed by atoms with Gasteiger partial charge in [0.25, 0.3) is 5.91 Å².